The van der Waals surface area contributed by atoms with Gasteiger partial charge in [-0.05, 0) is 55.2 Å². The summed E-state index contributed by atoms with van der Waals surface area (Å²) in [6, 6.07) is 15.2. The second-order valence-electron chi connectivity index (χ2n) is 6.11. The number of carbonyl (C=O) groups is 1. The first-order valence-electron chi connectivity index (χ1n) is 8.37. The van der Waals surface area contributed by atoms with Gasteiger partial charge in [0.05, 0.1) is 18.5 Å². The van der Waals surface area contributed by atoms with Gasteiger partial charge in [-0.15, -0.1) is 0 Å². The molecule has 0 bridgehead atoms. The Balaban J connectivity index is 0.00000196. The van der Waals surface area contributed by atoms with Crippen molar-refractivity contribution in [2.45, 2.75) is 19.3 Å². The van der Waals surface area contributed by atoms with Crippen LogP contribution in [0.15, 0.2) is 53.6 Å². The third-order valence-corrected chi connectivity index (χ3v) is 4.59. The molecule has 1 aliphatic carbocycles. The molecule has 26 heavy (non-hydrogen) atoms. The van der Waals surface area contributed by atoms with Gasteiger partial charge in [0, 0.05) is 16.5 Å². The lowest BCUT2D eigenvalue weighted by atomic mass is 9.94. The maximum Gasteiger partial charge on any atom is 0.271 e. The number of nitrogens with one attached hydrogen (secondary N) is 2. The molecule has 0 aliphatic heterocycles. The molecule has 6 nitrogen and oxygen atoms in total. The topological polar surface area (TPSA) is 98.0 Å². The number of aromatic nitrogens is 1. The van der Waals surface area contributed by atoms with Crippen LogP contribution in [0.4, 0.5) is 0 Å². The molecule has 1 heterocycles. The summed E-state index contributed by atoms with van der Waals surface area (Å²) in [6.07, 6.45) is 2.92. The standard InChI is InChI=1S/C20H19N3O2.H2O/c1-25-14-11-9-13(10-12-14)20(24)23-22-18-8-4-6-16-15-5-2-3-7-17(15)21-19(16)18;/h2-3,5,7,9-12,21H,4,6,8H2,1H3,(H,23,24);1H2/b22-18+;. The zero-order valence-corrected chi connectivity index (χ0v) is 14.5. The Labute approximate surface area is 151 Å². The van der Waals surface area contributed by atoms with Gasteiger partial charge in [-0.1, -0.05) is 18.2 Å². The Hall–Kier alpha value is -3.12. The molecule has 2 aromatic carbocycles. The van der Waals surface area contributed by atoms with Crippen LogP contribution in [0.5, 0.6) is 5.75 Å². The quantitative estimate of drug-likeness (QED) is 0.709. The van der Waals surface area contributed by atoms with Gasteiger partial charge in [0.2, 0.25) is 0 Å². The summed E-state index contributed by atoms with van der Waals surface area (Å²) >= 11 is 0. The number of nitrogens with zero attached hydrogens (tertiary/aromatic N) is 1. The van der Waals surface area contributed by atoms with Gasteiger partial charge in [0.1, 0.15) is 5.75 Å². The maximum atomic E-state index is 12.3. The first kappa shape index (κ1) is 17.7. The third-order valence-electron chi connectivity index (χ3n) is 4.59. The van der Waals surface area contributed by atoms with Crippen molar-refractivity contribution in [1.29, 1.82) is 0 Å². The minimum Gasteiger partial charge on any atom is -0.497 e. The number of fused-ring (bicyclic) bond motifs is 3. The number of amides is 1. The van der Waals surface area contributed by atoms with Crippen LogP contribution in [0.3, 0.4) is 0 Å². The number of aromatic amines is 1. The predicted octanol–water partition coefficient (Wildman–Crippen LogP) is 2.82. The molecule has 1 aliphatic rings. The van der Waals surface area contributed by atoms with Crippen molar-refractivity contribution in [1.82, 2.24) is 10.4 Å². The van der Waals surface area contributed by atoms with Crippen LogP contribution in [0, 0.1) is 0 Å². The fourth-order valence-corrected chi connectivity index (χ4v) is 3.30. The highest BCUT2D eigenvalue weighted by Gasteiger charge is 2.20. The number of ether oxygens (including phenoxy) is 1. The van der Waals surface area contributed by atoms with E-state index in [2.05, 4.69) is 27.6 Å². The van der Waals surface area contributed by atoms with Crippen LogP contribution in [-0.4, -0.2) is 29.2 Å². The van der Waals surface area contributed by atoms with Gasteiger partial charge >= 0.3 is 0 Å². The molecule has 0 spiro atoms. The fourth-order valence-electron chi connectivity index (χ4n) is 3.30. The highest BCUT2D eigenvalue weighted by Crippen LogP contribution is 2.29. The van der Waals surface area contributed by atoms with Crippen LogP contribution >= 0.6 is 0 Å². The van der Waals surface area contributed by atoms with Crippen LogP contribution in [0.25, 0.3) is 10.9 Å². The SMILES string of the molecule is COc1ccc(C(=O)N/N=C2\CCCc3c2[nH]c2ccccc32)cc1.O. The van der Waals surface area contributed by atoms with Crippen molar-refractivity contribution in [3.63, 3.8) is 0 Å². The summed E-state index contributed by atoms with van der Waals surface area (Å²) in [4.78, 5) is 15.7. The summed E-state index contributed by atoms with van der Waals surface area (Å²) in [5.41, 5.74) is 7.58. The van der Waals surface area contributed by atoms with E-state index in [1.807, 2.05) is 12.1 Å². The molecule has 0 unspecified atom stereocenters. The van der Waals surface area contributed by atoms with Crippen LogP contribution in [0.2, 0.25) is 0 Å². The molecule has 0 saturated heterocycles. The Morgan fingerprint density at radius 2 is 1.88 bits per heavy atom. The number of rotatable bonds is 3. The number of para-hydroxylation sites is 1. The Bertz CT molecular complexity index is 958. The molecule has 134 valence electrons. The number of benzene rings is 2. The van der Waals surface area contributed by atoms with Gasteiger partial charge in [0.25, 0.3) is 5.91 Å². The molecular weight excluding hydrogens is 330 g/mol. The summed E-state index contributed by atoms with van der Waals surface area (Å²) in [5, 5.41) is 5.64. The first-order chi connectivity index (χ1) is 12.3. The number of carbonyl (C=O) groups excluding carboxylic acids is 1. The zero-order valence-electron chi connectivity index (χ0n) is 14.5. The minimum absolute atomic E-state index is 0. The van der Waals surface area contributed by atoms with E-state index < -0.39 is 0 Å². The molecule has 0 fully saturated rings. The molecule has 6 heteroatoms. The molecule has 4 rings (SSSR count). The van der Waals surface area contributed by atoms with E-state index in [0.29, 0.717) is 5.56 Å². The summed E-state index contributed by atoms with van der Waals surface area (Å²) in [6.45, 7) is 0. The lowest BCUT2D eigenvalue weighted by molar-refractivity contribution is 0.0954. The van der Waals surface area contributed by atoms with E-state index in [1.165, 1.54) is 10.9 Å². The lowest BCUT2D eigenvalue weighted by Gasteiger charge is -2.14. The summed E-state index contributed by atoms with van der Waals surface area (Å²) in [7, 11) is 1.60. The number of hydrazone groups is 1. The minimum atomic E-state index is -0.224. The monoisotopic (exact) mass is 351 g/mol. The zero-order chi connectivity index (χ0) is 17.2. The van der Waals surface area contributed by atoms with Crippen molar-refractivity contribution in [3.8, 4) is 5.75 Å². The Morgan fingerprint density at radius 3 is 2.65 bits per heavy atom. The smallest absolute Gasteiger partial charge is 0.271 e. The largest absolute Gasteiger partial charge is 0.497 e. The Kier molecular flexibility index (Phi) is 5.04. The molecule has 0 atom stereocenters. The first-order valence-corrected chi connectivity index (χ1v) is 8.37. The number of H-pyrrole nitrogens is 1. The number of aryl methyl sites for hydroxylation is 1. The van der Waals surface area contributed by atoms with Gasteiger partial charge in [-0.3, -0.25) is 4.79 Å². The van der Waals surface area contributed by atoms with E-state index >= 15 is 0 Å². The molecule has 1 aromatic heterocycles. The van der Waals surface area contributed by atoms with E-state index in [1.54, 1.807) is 31.4 Å². The molecule has 0 radical (unpaired) electrons. The lowest BCUT2D eigenvalue weighted by Crippen LogP contribution is -2.22. The van der Waals surface area contributed by atoms with E-state index in [9.17, 15) is 4.79 Å². The molecule has 0 saturated carbocycles. The number of hydrogen-bond acceptors (Lipinski definition) is 3. The van der Waals surface area contributed by atoms with Crippen molar-refractivity contribution in [2.75, 3.05) is 7.11 Å². The van der Waals surface area contributed by atoms with E-state index in [-0.39, 0.29) is 11.4 Å². The van der Waals surface area contributed by atoms with Crippen molar-refractivity contribution in [2.24, 2.45) is 5.10 Å². The van der Waals surface area contributed by atoms with Crippen molar-refractivity contribution >= 4 is 22.5 Å². The average molecular weight is 351 g/mol. The van der Waals surface area contributed by atoms with Crippen LogP contribution in [0.1, 0.15) is 34.5 Å². The summed E-state index contributed by atoms with van der Waals surface area (Å²) < 4.78 is 5.11. The van der Waals surface area contributed by atoms with Gasteiger partial charge in [-0.25, -0.2) is 5.43 Å². The molecule has 4 N–H and O–H groups in total. The van der Waals surface area contributed by atoms with Gasteiger partial charge in [-0.2, -0.15) is 5.10 Å². The molecular formula is C20H21N3O3. The van der Waals surface area contributed by atoms with Gasteiger partial charge in [0.15, 0.2) is 0 Å². The highest BCUT2D eigenvalue weighted by molar-refractivity contribution is 6.07. The fraction of sp³-hybridized carbons (Fsp3) is 0.200. The molecule has 3 aromatic rings. The second-order valence-corrected chi connectivity index (χ2v) is 6.11. The highest BCUT2D eigenvalue weighted by atomic mass is 16.5. The molecule has 1 amide bonds. The predicted molar refractivity (Wildman–Crippen MR) is 102 cm³/mol. The van der Waals surface area contributed by atoms with Crippen molar-refractivity contribution in [3.05, 3.63) is 65.4 Å². The average Bonchev–Trinajstić information content (AvgIpc) is 3.05. The second kappa shape index (κ2) is 7.41. The van der Waals surface area contributed by atoms with Crippen LogP contribution in [-0.2, 0) is 6.42 Å². The van der Waals surface area contributed by atoms with Gasteiger partial charge < -0.3 is 15.2 Å². The summed E-state index contributed by atoms with van der Waals surface area (Å²) in [5.74, 6) is 0.497. The Morgan fingerprint density at radius 1 is 1.12 bits per heavy atom. The maximum absolute atomic E-state index is 12.3. The number of methoxy groups -OCH3 is 1. The van der Waals surface area contributed by atoms with Crippen molar-refractivity contribution < 1.29 is 15.0 Å². The van der Waals surface area contributed by atoms with E-state index in [4.69, 9.17) is 4.74 Å². The number of hydrogen-bond donors (Lipinski definition) is 2. The van der Waals surface area contributed by atoms with E-state index in [0.717, 1.165) is 41.9 Å². The third kappa shape index (κ3) is 3.19. The normalized spacial score (nSPS) is 14.6. The van der Waals surface area contributed by atoms with Crippen LogP contribution < -0.4 is 10.2 Å².